The van der Waals surface area contributed by atoms with Crippen molar-refractivity contribution in [3.05, 3.63) is 239 Å². The van der Waals surface area contributed by atoms with Crippen LogP contribution < -0.4 is 19.6 Å². The Morgan fingerprint density at radius 1 is 0.222 bits per heavy atom. The van der Waals surface area contributed by atoms with Crippen LogP contribution in [-0.2, 0) is 47.8 Å². The molecule has 0 aromatic heterocycles. The molecular formula is C68H76N4. The normalized spacial score (nSPS) is 13.4. The molecule has 0 saturated heterocycles. The van der Waals surface area contributed by atoms with E-state index in [1.807, 2.05) is 0 Å². The molecule has 9 rings (SSSR count). The van der Waals surface area contributed by atoms with Gasteiger partial charge in [0.05, 0.1) is 0 Å². The minimum Gasteiger partial charge on any atom is -0.337 e. The van der Waals surface area contributed by atoms with Gasteiger partial charge in [-0.05, 0) is 139 Å². The molecule has 72 heavy (non-hydrogen) atoms. The van der Waals surface area contributed by atoms with E-state index in [-0.39, 0.29) is 21.7 Å². The Balaban J connectivity index is 1.45. The molecule has 0 saturated carbocycles. The molecular weight excluding hydrogens is 873 g/mol. The van der Waals surface area contributed by atoms with E-state index >= 15 is 0 Å². The largest absolute Gasteiger partial charge is 0.337 e. The lowest BCUT2D eigenvalue weighted by Crippen LogP contribution is -2.25. The molecule has 368 valence electrons. The summed E-state index contributed by atoms with van der Waals surface area (Å²) in [5, 5.41) is 0. The van der Waals surface area contributed by atoms with E-state index in [9.17, 15) is 0 Å². The van der Waals surface area contributed by atoms with Crippen molar-refractivity contribution in [1.82, 2.24) is 0 Å². The van der Waals surface area contributed by atoms with Crippen LogP contribution in [0.2, 0.25) is 0 Å². The first-order chi connectivity index (χ1) is 34.2. The minimum absolute atomic E-state index is 0.147. The second-order valence-corrected chi connectivity index (χ2v) is 24.2. The first-order valence-electron chi connectivity index (χ1n) is 26.0. The molecule has 4 nitrogen and oxygen atoms in total. The van der Waals surface area contributed by atoms with Crippen molar-refractivity contribution in [2.75, 3.05) is 19.6 Å². The Labute approximate surface area is 432 Å². The van der Waals surface area contributed by atoms with Crippen LogP contribution in [0.1, 0.15) is 128 Å². The second-order valence-electron chi connectivity index (χ2n) is 24.2. The summed E-state index contributed by atoms with van der Waals surface area (Å²) in [5.41, 5.74) is 18.8. The summed E-state index contributed by atoms with van der Waals surface area (Å²) in [6.07, 6.45) is 0. The topological polar surface area (TPSA) is 13.0 Å². The summed E-state index contributed by atoms with van der Waals surface area (Å²) < 4.78 is 0. The van der Waals surface area contributed by atoms with E-state index in [1.165, 1.54) is 44.5 Å². The summed E-state index contributed by atoms with van der Waals surface area (Å²) in [7, 11) is 0. The van der Waals surface area contributed by atoms with E-state index in [0.29, 0.717) is 26.2 Å². The van der Waals surface area contributed by atoms with Gasteiger partial charge in [0.2, 0.25) is 0 Å². The van der Waals surface area contributed by atoms with Crippen molar-refractivity contribution < 1.29 is 0 Å². The van der Waals surface area contributed by atoms with Crippen molar-refractivity contribution in [3.63, 3.8) is 0 Å². The third kappa shape index (κ3) is 11.5. The quantitative estimate of drug-likeness (QED) is 0.150. The molecule has 0 N–H and O–H groups in total. The van der Waals surface area contributed by atoms with Crippen molar-refractivity contribution in [3.8, 4) is 0 Å². The van der Waals surface area contributed by atoms with E-state index < -0.39 is 0 Å². The predicted octanol–water partition coefficient (Wildman–Crippen LogP) is 18.5. The van der Waals surface area contributed by atoms with Gasteiger partial charge in [-0.2, -0.15) is 0 Å². The summed E-state index contributed by atoms with van der Waals surface area (Å²) >= 11 is 0. The van der Waals surface area contributed by atoms with Gasteiger partial charge >= 0.3 is 0 Å². The van der Waals surface area contributed by atoms with Crippen LogP contribution in [0.25, 0.3) is 0 Å². The number of hydrogen-bond acceptors (Lipinski definition) is 4. The van der Waals surface area contributed by atoms with Gasteiger partial charge in [-0.1, -0.05) is 204 Å². The maximum absolute atomic E-state index is 2.58. The highest BCUT2D eigenvalue weighted by atomic mass is 15.2. The zero-order valence-corrected chi connectivity index (χ0v) is 45.1. The molecule has 0 unspecified atom stereocenters. The molecule has 0 radical (unpaired) electrons. The Kier molecular flexibility index (Phi) is 13.8. The fourth-order valence-electron chi connectivity index (χ4n) is 9.75. The number of anilines is 8. The van der Waals surface area contributed by atoms with Crippen LogP contribution in [0.15, 0.2) is 194 Å². The lowest BCUT2D eigenvalue weighted by molar-refractivity contribution is 0.589. The van der Waals surface area contributed by atoms with E-state index in [0.717, 1.165) is 45.5 Å². The number of benzene rings is 8. The van der Waals surface area contributed by atoms with Crippen LogP contribution in [0.5, 0.6) is 0 Å². The average molecular weight is 949 g/mol. The molecule has 8 bridgehead atoms. The Morgan fingerprint density at radius 3 is 0.514 bits per heavy atom. The van der Waals surface area contributed by atoms with Crippen molar-refractivity contribution in [2.45, 2.75) is 131 Å². The first kappa shape index (κ1) is 49.9. The molecule has 1 aliphatic rings. The van der Waals surface area contributed by atoms with Gasteiger partial charge in [0, 0.05) is 71.7 Å². The zero-order valence-electron chi connectivity index (χ0n) is 45.1. The van der Waals surface area contributed by atoms with Gasteiger partial charge in [0.15, 0.2) is 0 Å². The van der Waals surface area contributed by atoms with Crippen LogP contribution in [-0.4, -0.2) is 0 Å². The maximum Gasteiger partial charge on any atom is 0.0481 e. The van der Waals surface area contributed by atoms with Crippen LogP contribution >= 0.6 is 0 Å². The number of rotatable bonds is 8. The third-order valence-electron chi connectivity index (χ3n) is 14.3. The average Bonchev–Trinajstić information content (AvgIpc) is 3.35. The number of nitrogens with zero attached hydrogens (tertiary/aromatic N) is 4. The van der Waals surface area contributed by atoms with Gasteiger partial charge in [-0.15, -0.1) is 0 Å². The summed E-state index contributed by atoms with van der Waals surface area (Å²) in [5.74, 6) is 0. The predicted molar refractivity (Wildman–Crippen MR) is 310 cm³/mol. The van der Waals surface area contributed by atoms with Gasteiger partial charge in [-0.3, -0.25) is 0 Å². The highest BCUT2D eigenvalue weighted by molar-refractivity contribution is 5.81. The van der Waals surface area contributed by atoms with Gasteiger partial charge in [0.1, 0.15) is 0 Å². The number of fused-ring (bicyclic) bond motifs is 8. The highest BCUT2D eigenvalue weighted by Gasteiger charge is 2.29. The van der Waals surface area contributed by atoms with Crippen molar-refractivity contribution in [2.24, 2.45) is 0 Å². The molecule has 1 aliphatic heterocycles. The summed E-state index contributed by atoms with van der Waals surface area (Å²) in [6, 6.07) is 73.5. The molecule has 4 heteroatoms. The van der Waals surface area contributed by atoms with Crippen LogP contribution in [0, 0.1) is 0 Å². The monoisotopic (exact) mass is 949 g/mol. The van der Waals surface area contributed by atoms with Crippen LogP contribution in [0.3, 0.4) is 0 Å². The molecule has 0 atom stereocenters. The fourth-order valence-corrected chi connectivity index (χ4v) is 9.75. The first-order valence-corrected chi connectivity index (χ1v) is 26.0. The molecule has 8 aromatic carbocycles. The number of hydrogen-bond donors (Lipinski definition) is 0. The second kappa shape index (κ2) is 19.9. The standard InChI is InChI=1S/C68H76N4/c1-65(2,3)53-33-57-41-58(34-53)70(46-50-27-19-14-20-28-50)60-36-55(67(7,8)9)38-62(43-60)72(48-52-31-23-16-24-32-52)64-40-56(68(10,11)12)39-63(44-64)71(47-51-29-21-15-22-30-51)61-37-54(66(4,5)6)35-59(42-61)69(57)45-49-25-17-13-18-26-49/h13-44H,45-48H2,1-12H3. The lowest BCUT2D eigenvalue weighted by Gasteiger charge is -2.36. The highest BCUT2D eigenvalue weighted by Crippen LogP contribution is 2.46. The lowest BCUT2D eigenvalue weighted by atomic mass is 9.84. The smallest absolute Gasteiger partial charge is 0.0481 e. The Morgan fingerprint density at radius 2 is 0.375 bits per heavy atom. The molecule has 0 aliphatic carbocycles. The fraction of sp³-hybridized carbons (Fsp3) is 0.294. The van der Waals surface area contributed by atoms with E-state index in [2.05, 4.69) is 297 Å². The van der Waals surface area contributed by atoms with E-state index in [4.69, 9.17) is 0 Å². The zero-order chi connectivity index (χ0) is 51.0. The van der Waals surface area contributed by atoms with Gasteiger partial charge in [0.25, 0.3) is 0 Å². The SMILES string of the molecule is CC(C)(C)c1cc2cc(c1)N(Cc1ccccc1)c1cc(cc(C(C)(C)C)c1)N(Cc1ccccc1)c1cc(cc(C(C)(C)C)c1)N(Cc1ccccc1)c1cc(cc(C(C)(C)C)c1)N2Cc1ccccc1. The molecule has 1 heterocycles. The Bertz CT molecular complexity index is 2590. The Hall–Kier alpha value is -7.04. The third-order valence-corrected chi connectivity index (χ3v) is 14.3. The molecule has 0 amide bonds. The van der Waals surface area contributed by atoms with Crippen molar-refractivity contribution >= 4 is 45.5 Å². The van der Waals surface area contributed by atoms with Gasteiger partial charge < -0.3 is 19.6 Å². The molecule has 0 fully saturated rings. The summed E-state index contributed by atoms with van der Waals surface area (Å²) in [4.78, 5) is 10.3. The molecule has 8 aromatic rings. The maximum atomic E-state index is 2.58. The molecule has 0 spiro atoms. The minimum atomic E-state index is -0.147. The van der Waals surface area contributed by atoms with Crippen molar-refractivity contribution in [1.29, 1.82) is 0 Å². The summed E-state index contributed by atoms with van der Waals surface area (Å²) in [6.45, 7) is 31.0. The van der Waals surface area contributed by atoms with Crippen LogP contribution in [0.4, 0.5) is 45.5 Å². The van der Waals surface area contributed by atoms with Gasteiger partial charge in [-0.25, -0.2) is 0 Å². The van der Waals surface area contributed by atoms with E-state index in [1.54, 1.807) is 0 Å².